The van der Waals surface area contributed by atoms with Gasteiger partial charge in [-0.25, -0.2) is 4.98 Å². The molecule has 2 N–H and O–H groups in total. The molecular weight excluding hydrogens is 162 g/mol. The zero-order chi connectivity index (χ0) is 9.10. The highest BCUT2D eigenvalue weighted by atomic mass is 15.1. The smallest absolute Gasteiger partial charge is 0.204 e. The van der Waals surface area contributed by atoms with Gasteiger partial charge in [0.1, 0.15) is 0 Å². The molecule has 0 amide bonds. The van der Waals surface area contributed by atoms with Crippen LogP contribution in [0.25, 0.3) is 0 Å². The first-order valence-corrected chi connectivity index (χ1v) is 4.18. The molecule has 3 heteroatoms. The summed E-state index contributed by atoms with van der Waals surface area (Å²) in [6, 6.07) is 8.16. The largest absolute Gasteiger partial charge is 0.331 e. The van der Waals surface area contributed by atoms with Crippen molar-refractivity contribution in [2.45, 2.75) is 6.92 Å². The van der Waals surface area contributed by atoms with E-state index in [1.165, 1.54) is 5.56 Å². The van der Waals surface area contributed by atoms with Crippen molar-refractivity contribution in [3.8, 4) is 0 Å². The lowest BCUT2D eigenvalue weighted by Gasteiger charge is -2.02. The van der Waals surface area contributed by atoms with Crippen LogP contribution in [0.5, 0.6) is 0 Å². The molecule has 3 nitrogen and oxygen atoms in total. The normalized spacial score (nSPS) is 9.92. The molecule has 0 aliphatic carbocycles. The van der Waals surface area contributed by atoms with Gasteiger partial charge in [-0.2, -0.15) is 0 Å². The summed E-state index contributed by atoms with van der Waals surface area (Å²) in [7, 11) is 0. The van der Waals surface area contributed by atoms with Crippen molar-refractivity contribution in [2.75, 3.05) is 5.32 Å². The Morgan fingerprint density at radius 2 is 2.31 bits per heavy atom. The second-order valence-electron chi connectivity index (χ2n) is 2.93. The number of aromatic nitrogens is 2. The summed E-state index contributed by atoms with van der Waals surface area (Å²) in [5.41, 5.74) is 2.28. The number of imidazole rings is 1. The van der Waals surface area contributed by atoms with Crippen molar-refractivity contribution in [3.63, 3.8) is 0 Å². The summed E-state index contributed by atoms with van der Waals surface area (Å²) in [6.07, 6.45) is 3.51. The quantitative estimate of drug-likeness (QED) is 0.732. The molecule has 0 aliphatic heterocycles. The number of rotatable bonds is 2. The lowest BCUT2D eigenvalue weighted by molar-refractivity contribution is 1.28. The monoisotopic (exact) mass is 173 g/mol. The fraction of sp³-hybridized carbons (Fsp3) is 0.100. The maximum absolute atomic E-state index is 4.07. The van der Waals surface area contributed by atoms with E-state index >= 15 is 0 Å². The van der Waals surface area contributed by atoms with Crippen LogP contribution < -0.4 is 5.32 Å². The van der Waals surface area contributed by atoms with Gasteiger partial charge in [0, 0.05) is 18.1 Å². The predicted molar refractivity (Wildman–Crippen MR) is 53.0 cm³/mol. The van der Waals surface area contributed by atoms with Gasteiger partial charge in [0.15, 0.2) is 0 Å². The second-order valence-corrected chi connectivity index (χ2v) is 2.93. The predicted octanol–water partition coefficient (Wildman–Crippen LogP) is 2.46. The van der Waals surface area contributed by atoms with Crippen LogP contribution in [0.3, 0.4) is 0 Å². The first-order valence-electron chi connectivity index (χ1n) is 4.18. The number of H-pyrrole nitrogens is 1. The van der Waals surface area contributed by atoms with Crippen LogP contribution >= 0.6 is 0 Å². The molecule has 0 atom stereocenters. The standard InChI is InChI=1S/C10H11N3/c1-8-3-2-4-9(7-8)13-10-11-5-6-12-10/h2-7H,1H3,(H2,11,12,13). The average molecular weight is 173 g/mol. The number of nitrogens with zero attached hydrogens (tertiary/aromatic N) is 1. The lowest BCUT2D eigenvalue weighted by atomic mass is 10.2. The number of nitrogens with one attached hydrogen (secondary N) is 2. The van der Waals surface area contributed by atoms with Gasteiger partial charge >= 0.3 is 0 Å². The molecule has 0 unspecified atom stereocenters. The van der Waals surface area contributed by atoms with E-state index in [0.717, 1.165) is 11.6 Å². The van der Waals surface area contributed by atoms with Gasteiger partial charge in [-0.1, -0.05) is 12.1 Å². The molecule has 1 heterocycles. The molecule has 2 aromatic rings. The minimum atomic E-state index is 0.769. The van der Waals surface area contributed by atoms with Crippen LogP contribution in [0.2, 0.25) is 0 Å². The van der Waals surface area contributed by atoms with Crippen molar-refractivity contribution in [2.24, 2.45) is 0 Å². The van der Waals surface area contributed by atoms with Crippen LogP contribution in [0, 0.1) is 6.92 Å². The van der Waals surface area contributed by atoms with Crippen molar-refractivity contribution in [1.29, 1.82) is 0 Å². The Labute approximate surface area is 76.8 Å². The Balaban J connectivity index is 2.19. The maximum Gasteiger partial charge on any atom is 0.204 e. The van der Waals surface area contributed by atoms with Crippen molar-refractivity contribution in [1.82, 2.24) is 9.97 Å². The van der Waals surface area contributed by atoms with Crippen molar-refractivity contribution < 1.29 is 0 Å². The van der Waals surface area contributed by atoms with E-state index in [9.17, 15) is 0 Å². The Kier molecular flexibility index (Phi) is 2.00. The van der Waals surface area contributed by atoms with Crippen LogP contribution in [-0.2, 0) is 0 Å². The van der Waals surface area contributed by atoms with Gasteiger partial charge in [-0.15, -0.1) is 0 Å². The van der Waals surface area contributed by atoms with E-state index in [1.807, 2.05) is 12.1 Å². The fourth-order valence-corrected chi connectivity index (χ4v) is 1.19. The van der Waals surface area contributed by atoms with E-state index in [0.29, 0.717) is 0 Å². The summed E-state index contributed by atoms with van der Waals surface area (Å²) in [4.78, 5) is 7.06. The Morgan fingerprint density at radius 1 is 1.38 bits per heavy atom. The third-order valence-electron chi connectivity index (χ3n) is 1.78. The van der Waals surface area contributed by atoms with Gasteiger partial charge in [0.25, 0.3) is 0 Å². The maximum atomic E-state index is 4.07. The fourth-order valence-electron chi connectivity index (χ4n) is 1.19. The van der Waals surface area contributed by atoms with Crippen molar-refractivity contribution in [3.05, 3.63) is 42.2 Å². The van der Waals surface area contributed by atoms with E-state index < -0.39 is 0 Å². The lowest BCUT2D eigenvalue weighted by Crippen LogP contribution is -1.91. The van der Waals surface area contributed by atoms with E-state index in [-0.39, 0.29) is 0 Å². The molecule has 1 aromatic heterocycles. The number of aryl methyl sites for hydroxylation is 1. The van der Waals surface area contributed by atoms with Gasteiger partial charge < -0.3 is 10.3 Å². The minimum absolute atomic E-state index is 0.769. The zero-order valence-electron chi connectivity index (χ0n) is 7.41. The second kappa shape index (κ2) is 3.31. The summed E-state index contributed by atoms with van der Waals surface area (Å²) in [5, 5.41) is 3.16. The third-order valence-corrected chi connectivity index (χ3v) is 1.78. The molecule has 0 aliphatic rings. The average Bonchev–Trinajstić information content (AvgIpc) is 2.57. The number of hydrogen-bond donors (Lipinski definition) is 2. The molecule has 2 rings (SSSR count). The third kappa shape index (κ3) is 1.87. The van der Waals surface area contributed by atoms with Gasteiger partial charge in [-0.05, 0) is 24.6 Å². The van der Waals surface area contributed by atoms with Crippen LogP contribution in [0.4, 0.5) is 11.6 Å². The van der Waals surface area contributed by atoms with E-state index in [4.69, 9.17) is 0 Å². The molecule has 0 bridgehead atoms. The highest BCUT2D eigenvalue weighted by molar-refractivity contribution is 5.53. The summed E-state index contributed by atoms with van der Waals surface area (Å²) >= 11 is 0. The van der Waals surface area contributed by atoms with Gasteiger partial charge in [0.2, 0.25) is 5.95 Å². The minimum Gasteiger partial charge on any atom is -0.331 e. The molecule has 66 valence electrons. The molecule has 13 heavy (non-hydrogen) atoms. The molecule has 0 radical (unpaired) electrons. The Hall–Kier alpha value is -1.77. The SMILES string of the molecule is Cc1cccc(Nc2ncc[nH]2)c1. The molecule has 0 spiro atoms. The number of aromatic amines is 1. The first kappa shape index (κ1) is 7.86. The van der Waals surface area contributed by atoms with Gasteiger partial charge in [0.05, 0.1) is 0 Å². The highest BCUT2D eigenvalue weighted by Gasteiger charge is 1.94. The molecule has 0 saturated heterocycles. The van der Waals surface area contributed by atoms with Gasteiger partial charge in [-0.3, -0.25) is 0 Å². The topological polar surface area (TPSA) is 40.7 Å². The van der Waals surface area contributed by atoms with Crippen LogP contribution in [0.15, 0.2) is 36.7 Å². The number of hydrogen-bond acceptors (Lipinski definition) is 2. The number of anilines is 2. The Bertz CT molecular complexity index is 379. The van der Waals surface area contributed by atoms with Crippen LogP contribution in [0.1, 0.15) is 5.56 Å². The summed E-state index contributed by atoms with van der Waals surface area (Å²) in [5.74, 6) is 0.769. The molecule has 0 saturated carbocycles. The molecular formula is C10H11N3. The summed E-state index contributed by atoms with van der Waals surface area (Å²) in [6.45, 7) is 2.06. The van der Waals surface area contributed by atoms with E-state index in [1.54, 1.807) is 12.4 Å². The summed E-state index contributed by atoms with van der Waals surface area (Å²) < 4.78 is 0. The molecule has 1 aromatic carbocycles. The van der Waals surface area contributed by atoms with Crippen molar-refractivity contribution >= 4 is 11.6 Å². The Morgan fingerprint density at radius 3 is 3.00 bits per heavy atom. The zero-order valence-corrected chi connectivity index (χ0v) is 7.41. The highest BCUT2D eigenvalue weighted by Crippen LogP contribution is 2.13. The van der Waals surface area contributed by atoms with Crippen LogP contribution in [-0.4, -0.2) is 9.97 Å². The van der Waals surface area contributed by atoms with E-state index in [2.05, 4.69) is 34.3 Å². The number of benzene rings is 1. The first-order chi connectivity index (χ1) is 6.34. The molecule has 0 fully saturated rings.